The molecule has 0 unspecified atom stereocenters. The van der Waals surface area contributed by atoms with Crippen LogP contribution in [0, 0.1) is 0 Å². The van der Waals surface area contributed by atoms with Gasteiger partial charge in [-0.1, -0.05) is 84.9 Å². The van der Waals surface area contributed by atoms with Crippen LogP contribution in [0.15, 0.2) is 103 Å². The van der Waals surface area contributed by atoms with Crippen molar-refractivity contribution in [2.24, 2.45) is 0 Å². The first-order chi connectivity index (χ1) is 14.2. The Hall–Kier alpha value is -3.58. The Bertz CT molecular complexity index is 1330. The Balaban J connectivity index is 1.78. The third-order valence-corrected chi connectivity index (χ3v) is 5.64. The first kappa shape index (κ1) is 17.5. The molecule has 0 aromatic heterocycles. The van der Waals surface area contributed by atoms with E-state index in [0.717, 1.165) is 0 Å². The summed E-state index contributed by atoms with van der Waals surface area (Å²) in [5.41, 5.74) is 6.26. The third-order valence-electron chi connectivity index (χ3n) is 5.64. The molecule has 140 valence electrons. The zero-order valence-corrected chi connectivity index (χ0v) is 16.8. The Kier molecular flexibility index (Phi) is 4.29. The normalized spacial score (nSPS) is 11.1. The molecule has 5 rings (SSSR count). The van der Waals surface area contributed by atoms with Gasteiger partial charge in [0.05, 0.1) is 0 Å². The number of anilines is 1. The summed E-state index contributed by atoms with van der Waals surface area (Å²) in [6.07, 6.45) is 0. The maximum Gasteiger partial charge on any atom is 0.0367 e. The van der Waals surface area contributed by atoms with E-state index < -0.39 is 0 Å². The summed E-state index contributed by atoms with van der Waals surface area (Å²) in [7, 11) is 4.17. The van der Waals surface area contributed by atoms with Gasteiger partial charge in [-0.25, -0.2) is 0 Å². The fourth-order valence-electron chi connectivity index (χ4n) is 4.13. The van der Waals surface area contributed by atoms with Crippen molar-refractivity contribution in [2.45, 2.75) is 0 Å². The summed E-state index contributed by atoms with van der Waals surface area (Å²) in [5, 5.41) is 5.12. The third kappa shape index (κ3) is 3.15. The molecule has 0 aliphatic rings. The quantitative estimate of drug-likeness (QED) is 0.318. The monoisotopic (exact) mass is 373 g/mol. The molecule has 1 nitrogen and oxygen atoms in total. The fourth-order valence-corrected chi connectivity index (χ4v) is 4.13. The largest absolute Gasteiger partial charge is 0.378 e. The summed E-state index contributed by atoms with van der Waals surface area (Å²) in [4.78, 5) is 2.15. The molecule has 0 aliphatic heterocycles. The number of hydrogen-bond donors (Lipinski definition) is 0. The number of fused-ring (bicyclic) bond motifs is 2. The minimum absolute atomic E-state index is 1.21. The lowest BCUT2D eigenvalue weighted by Gasteiger charge is -2.16. The maximum absolute atomic E-state index is 2.30. The smallest absolute Gasteiger partial charge is 0.0367 e. The van der Waals surface area contributed by atoms with Gasteiger partial charge in [0.15, 0.2) is 0 Å². The van der Waals surface area contributed by atoms with E-state index in [1.165, 1.54) is 49.5 Å². The topological polar surface area (TPSA) is 3.24 Å². The number of hydrogen-bond acceptors (Lipinski definition) is 1. The van der Waals surface area contributed by atoms with Crippen molar-refractivity contribution in [3.05, 3.63) is 103 Å². The van der Waals surface area contributed by atoms with Gasteiger partial charge in [-0.05, 0) is 62.0 Å². The van der Waals surface area contributed by atoms with E-state index in [2.05, 4.69) is 122 Å². The van der Waals surface area contributed by atoms with Crippen molar-refractivity contribution >= 4 is 27.2 Å². The van der Waals surface area contributed by atoms with E-state index in [9.17, 15) is 0 Å². The van der Waals surface area contributed by atoms with Gasteiger partial charge < -0.3 is 4.90 Å². The van der Waals surface area contributed by atoms with E-state index in [1.807, 2.05) is 0 Å². The van der Waals surface area contributed by atoms with Crippen molar-refractivity contribution < 1.29 is 0 Å². The minimum Gasteiger partial charge on any atom is -0.378 e. The molecule has 0 atom stereocenters. The number of nitrogens with zero attached hydrogens (tertiary/aromatic N) is 1. The van der Waals surface area contributed by atoms with Crippen LogP contribution >= 0.6 is 0 Å². The van der Waals surface area contributed by atoms with Gasteiger partial charge in [-0.15, -0.1) is 0 Å². The molecule has 0 saturated carbocycles. The van der Waals surface area contributed by atoms with E-state index in [0.29, 0.717) is 0 Å². The Morgan fingerprint density at radius 2 is 1.10 bits per heavy atom. The van der Waals surface area contributed by atoms with Crippen LogP contribution in [0.4, 0.5) is 5.69 Å². The van der Waals surface area contributed by atoms with Crippen LogP contribution in [0.5, 0.6) is 0 Å². The average Bonchev–Trinajstić information content (AvgIpc) is 2.78. The van der Waals surface area contributed by atoms with Crippen molar-refractivity contribution in [1.82, 2.24) is 0 Å². The summed E-state index contributed by atoms with van der Waals surface area (Å²) >= 11 is 0. The molecule has 0 aliphatic carbocycles. The summed E-state index contributed by atoms with van der Waals surface area (Å²) in [6.45, 7) is 0. The van der Waals surface area contributed by atoms with Crippen LogP contribution in [0.2, 0.25) is 0 Å². The average molecular weight is 373 g/mol. The summed E-state index contributed by atoms with van der Waals surface area (Å²) < 4.78 is 0. The molecule has 5 aromatic carbocycles. The molecule has 0 fully saturated rings. The van der Waals surface area contributed by atoms with Crippen LogP contribution in [0.1, 0.15) is 0 Å². The molecule has 0 bridgehead atoms. The molecule has 29 heavy (non-hydrogen) atoms. The number of benzene rings is 5. The van der Waals surface area contributed by atoms with Crippen LogP contribution in [0.25, 0.3) is 43.8 Å². The molecule has 1 heteroatoms. The highest BCUT2D eigenvalue weighted by molar-refractivity contribution is 6.07. The van der Waals surface area contributed by atoms with Gasteiger partial charge in [-0.3, -0.25) is 0 Å². The molecule has 0 spiro atoms. The van der Waals surface area contributed by atoms with E-state index >= 15 is 0 Å². The highest BCUT2D eigenvalue weighted by Crippen LogP contribution is 2.38. The molecule has 0 radical (unpaired) electrons. The van der Waals surface area contributed by atoms with E-state index in [1.54, 1.807) is 0 Å². The molecule has 0 saturated heterocycles. The van der Waals surface area contributed by atoms with Gasteiger partial charge >= 0.3 is 0 Å². The minimum atomic E-state index is 1.21. The lowest BCUT2D eigenvalue weighted by Crippen LogP contribution is -2.08. The highest BCUT2D eigenvalue weighted by atomic mass is 15.1. The molecular weight excluding hydrogens is 350 g/mol. The standard InChI is InChI=1S/C28H23N/c1-29(2)25-13-5-12-23(19-25)26-14-6-10-21-11-7-15-27(28(21)26)24-17-16-20-8-3-4-9-22(20)18-24/h3-19H,1-2H3. The molecule has 0 amide bonds. The Morgan fingerprint density at radius 1 is 0.483 bits per heavy atom. The SMILES string of the molecule is CN(C)c1cccc(-c2cccc3cccc(-c4ccc5ccccc5c4)c23)c1. The van der Waals surface area contributed by atoms with Crippen LogP contribution < -0.4 is 4.90 Å². The van der Waals surface area contributed by atoms with Crippen molar-refractivity contribution in [2.75, 3.05) is 19.0 Å². The zero-order chi connectivity index (χ0) is 19.8. The second-order valence-electron chi connectivity index (χ2n) is 7.72. The fraction of sp³-hybridized carbons (Fsp3) is 0.0714. The van der Waals surface area contributed by atoms with Gasteiger partial charge in [0.1, 0.15) is 0 Å². The van der Waals surface area contributed by atoms with Gasteiger partial charge in [0.25, 0.3) is 0 Å². The van der Waals surface area contributed by atoms with Gasteiger partial charge in [-0.2, -0.15) is 0 Å². The molecule has 5 aromatic rings. The van der Waals surface area contributed by atoms with Crippen LogP contribution in [-0.4, -0.2) is 14.1 Å². The zero-order valence-electron chi connectivity index (χ0n) is 16.8. The predicted octanol–water partition coefficient (Wildman–Crippen LogP) is 7.39. The highest BCUT2D eigenvalue weighted by Gasteiger charge is 2.11. The van der Waals surface area contributed by atoms with Crippen molar-refractivity contribution in [3.8, 4) is 22.3 Å². The van der Waals surface area contributed by atoms with Gasteiger partial charge in [0.2, 0.25) is 0 Å². The number of rotatable bonds is 3. The van der Waals surface area contributed by atoms with Crippen LogP contribution in [-0.2, 0) is 0 Å². The van der Waals surface area contributed by atoms with Crippen molar-refractivity contribution in [3.63, 3.8) is 0 Å². The first-order valence-corrected chi connectivity index (χ1v) is 9.99. The maximum atomic E-state index is 2.30. The summed E-state index contributed by atoms with van der Waals surface area (Å²) in [5.74, 6) is 0. The molecule has 0 heterocycles. The summed E-state index contributed by atoms with van der Waals surface area (Å²) in [6, 6.07) is 37.3. The first-order valence-electron chi connectivity index (χ1n) is 9.99. The lowest BCUT2D eigenvalue weighted by molar-refractivity contribution is 1.13. The molecule has 0 N–H and O–H groups in total. The van der Waals surface area contributed by atoms with Crippen LogP contribution in [0.3, 0.4) is 0 Å². The Labute approximate surface area is 171 Å². The second-order valence-corrected chi connectivity index (χ2v) is 7.72. The van der Waals surface area contributed by atoms with Gasteiger partial charge in [0, 0.05) is 19.8 Å². The van der Waals surface area contributed by atoms with Crippen molar-refractivity contribution in [1.29, 1.82) is 0 Å². The Morgan fingerprint density at radius 3 is 1.83 bits per heavy atom. The lowest BCUT2D eigenvalue weighted by atomic mass is 9.90. The predicted molar refractivity (Wildman–Crippen MR) is 127 cm³/mol. The van der Waals surface area contributed by atoms with E-state index in [4.69, 9.17) is 0 Å². The molecular formula is C28H23N. The van der Waals surface area contributed by atoms with E-state index in [-0.39, 0.29) is 0 Å². The second kappa shape index (κ2) is 7.10.